The van der Waals surface area contributed by atoms with Crippen molar-refractivity contribution in [2.75, 3.05) is 11.1 Å². The lowest BCUT2D eigenvalue weighted by molar-refractivity contribution is 0.103. The number of nitrogens with two attached hydrogens (primary N) is 1. The minimum Gasteiger partial charge on any atom is -0.397 e. The van der Waals surface area contributed by atoms with Crippen molar-refractivity contribution in [3.63, 3.8) is 0 Å². The number of aromatic nitrogens is 3. The number of nitrogens with one attached hydrogen (secondary N) is 1. The molecular weight excluding hydrogens is 406 g/mol. The summed E-state index contributed by atoms with van der Waals surface area (Å²) in [5, 5.41) is 12.4. The summed E-state index contributed by atoms with van der Waals surface area (Å²) in [6, 6.07) is 25.3. The molecule has 0 saturated carbocycles. The number of para-hydroxylation sites is 2. The van der Waals surface area contributed by atoms with Gasteiger partial charge in [0, 0.05) is 10.3 Å². The first-order chi connectivity index (χ1) is 15.2. The highest BCUT2D eigenvalue weighted by Crippen LogP contribution is 2.28. The van der Waals surface area contributed by atoms with Gasteiger partial charge in [0.05, 0.1) is 29.0 Å². The second kappa shape index (κ2) is 8.04. The van der Waals surface area contributed by atoms with Gasteiger partial charge in [-0.25, -0.2) is 4.68 Å². The fourth-order valence-corrected chi connectivity index (χ4v) is 4.41. The molecule has 3 aromatic carbocycles. The lowest BCUT2D eigenvalue weighted by Gasteiger charge is -2.05. The second-order valence-electron chi connectivity index (χ2n) is 7.19. The predicted octanol–water partition coefficient (Wildman–Crippen LogP) is 5.04. The largest absolute Gasteiger partial charge is 0.397 e. The zero-order chi connectivity index (χ0) is 21.2. The van der Waals surface area contributed by atoms with Crippen molar-refractivity contribution in [2.45, 2.75) is 6.54 Å². The minimum absolute atomic E-state index is 0.163. The molecule has 0 radical (unpaired) electrons. The summed E-state index contributed by atoms with van der Waals surface area (Å²) in [4.78, 5) is 13.3. The van der Waals surface area contributed by atoms with Gasteiger partial charge in [-0.05, 0) is 35.2 Å². The first-order valence-corrected chi connectivity index (χ1v) is 10.6. The van der Waals surface area contributed by atoms with Crippen LogP contribution in [0.1, 0.15) is 15.2 Å². The summed E-state index contributed by atoms with van der Waals surface area (Å²) >= 11 is 1.46. The average Bonchev–Trinajstić information content (AvgIpc) is 3.43. The number of fused-ring (bicyclic) bond motifs is 1. The number of carbonyl (C=O) groups excluding carboxylic acids is 1. The summed E-state index contributed by atoms with van der Waals surface area (Å²) in [6.07, 6.45) is 1.94. The van der Waals surface area contributed by atoms with E-state index in [-0.39, 0.29) is 5.91 Å². The van der Waals surface area contributed by atoms with Gasteiger partial charge >= 0.3 is 0 Å². The molecule has 5 rings (SSSR count). The van der Waals surface area contributed by atoms with Gasteiger partial charge < -0.3 is 11.1 Å². The predicted molar refractivity (Wildman–Crippen MR) is 125 cm³/mol. The third-order valence-electron chi connectivity index (χ3n) is 4.97. The molecule has 0 aliphatic heterocycles. The standard InChI is InChI=1S/C24H19N5OS/c25-19-8-4-5-9-20(19)26-24(30)23-13-18-11-10-16(12-22(18)31-23)14-29-15-21(27-28-29)17-6-2-1-3-7-17/h1-13,15H,14,25H2,(H,26,30). The number of benzene rings is 3. The summed E-state index contributed by atoms with van der Waals surface area (Å²) in [5.41, 5.74) is 10.1. The molecule has 0 aliphatic carbocycles. The van der Waals surface area contributed by atoms with Crippen molar-refractivity contribution in [3.05, 3.63) is 95.5 Å². The second-order valence-corrected chi connectivity index (χ2v) is 8.28. The van der Waals surface area contributed by atoms with Gasteiger partial charge in [-0.15, -0.1) is 16.4 Å². The molecule has 0 atom stereocenters. The number of anilines is 2. The van der Waals surface area contributed by atoms with E-state index in [1.807, 2.05) is 65.5 Å². The molecule has 6 nitrogen and oxygen atoms in total. The highest BCUT2D eigenvalue weighted by molar-refractivity contribution is 7.20. The van der Waals surface area contributed by atoms with Crippen molar-refractivity contribution in [2.24, 2.45) is 0 Å². The molecule has 0 bridgehead atoms. The maximum atomic E-state index is 12.7. The van der Waals surface area contributed by atoms with Crippen molar-refractivity contribution >= 4 is 38.7 Å². The molecular formula is C24H19N5OS. The average molecular weight is 426 g/mol. The third kappa shape index (κ3) is 4.04. The van der Waals surface area contributed by atoms with E-state index >= 15 is 0 Å². The highest BCUT2D eigenvalue weighted by Gasteiger charge is 2.12. The van der Waals surface area contributed by atoms with E-state index in [1.165, 1.54) is 11.3 Å². The van der Waals surface area contributed by atoms with Gasteiger partial charge in [0.15, 0.2) is 0 Å². The molecule has 0 saturated heterocycles. The van der Waals surface area contributed by atoms with Crippen LogP contribution in [0.4, 0.5) is 11.4 Å². The van der Waals surface area contributed by atoms with Gasteiger partial charge in [0.2, 0.25) is 0 Å². The van der Waals surface area contributed by atoms with Gasteiger partial charge in [-0.2, -0.15) is 0 Å². The molecule has 1 amide bonds. The van der Waals surface area contributed by atoms with Gasteiger partial charge in [0.25, 0.3) is 5.91 Å². The SMILES string of the molecule is Nc1ccccc1NC(=O)c1cc2ccc(Cn3cc(-c4ccccc4)nn3)cc2s1. The number of hydrogen-bond donors (Lipinski definition) is 2. The van der Waals surface area contributed by atoms with Crippen LogP contribution in [0.15, 0.2) is 85.1 Å². The Morgan fingerprint density at radius 1 is 1.00 bits per heavy atom. The molecule has 0 unspecified atom stereocenters. The van der Waals surface area contributed by atoms with Crippen LogP contribution in [-0.4, -0.2) is 20.9 Å². The summed E-state index contributed by atoms with van der Waals surface area (Å²) < 4.78 is 2.87. The van der Waals surface area contributed by atoms with Gasteiger partial charge in [-0.3, -0.25) is 4.79 Å². The maximum Gasteiger partial charge on any atom is 0.265 e. The van der Waals surface area contributed by atoms with Gasteiger partial charge in [0.1, 0.15) is 5.69 Å². The molecule has 7 heteroatoms. The lowest BCUT2D eigenvalue weighted by Crippen LogP contribution is -2.11. The van der Waals surface area contributed by atoms with E-state index in [2.05, 4.69) is 27.8 Å². The third-order valence-corrected chi connectivity index (χ3v) is 6.07. The quantitative estimate of drug-likeness (QED) is 0.386. The van der Waals surface area contributed by atoms with Gasteiger partial charge in [-0.1, -0.05) is 59.8 Å². The van der Waals surface area contributed by atoms with Crippen LogP contribution in [0.3, 0.4) is 0 Å². The van der Waals surface area contributed by atoms with E-state index in [0.717, 1.165) is 26.9 Å². The van der Waals surface area contributed by atoms with E-state index in [4.69, 9.17) is 5.73 Å². The van der Waals surface area contributed by atoms with E-state index < -0.39 is 0 Å². The number of nitrogens with zero attached hydrogens (tertiary/aromatic N) is 3. The van der Waals surface area contributed by atoms with Crippen LogP contribution in [0.5, 0.6) is 0 Å². The Balaban J connectivity index is 1.34. The van der Waals surface area contributed by atoms with Crippen molar-refractivity contribution in [1.29, 1.82) is 0 Å². The molecule has 2 heterocycles. The highest BCUT2D eigenvalue weighted by atomic mass is 32.1. The van der Waals surface area contributed by atoms with Crippen molar-refractivity contribution in [1.82, 2.24) is 15.0 Å². The zero-order valence-corrected chi connectivity index (χ0v) is 17.3. The van der Waals surface area contributed by atoms with E-state index in [1.54, 1.807) is 12.1 Å². The Bertz CT molecular complexity index is 1370. The maximum absolute atomic E-state index is 12.7. The molecule has 5 aromatic rings. The first-order valence-electron chi connectivity index (χ1n) is 9.79. The fraction of sp³-hybridized carbons (Fsp3) is 0.0417. The van der Waals surface area contributed by atoms with Crippen molar-refractivity contribution < 1.29 is 4.79 Å². The molecule has 3 N–H and O–H groups in total. The van der Waals surface area contributed by atoms with E-state index in [9.17, 15) is 4.79 Å². The van der Waals surface area contributed by atoms with E-state index in [0.29, 0.717) is 22.8 Å². The minimum atomic E-state index is -0.163. The van der Waals surface area contributed by atoms with Crippen LogP contribution in [0.25, 0.3) is 21.3 Å². The number of amides is 1. The van der Waals surface area contributed by atoms with Crippen LogP contribution in [0, 0.1) is 0 Å². The first kappa shape index (κ1) is 19.0. The number of thiophene rings is 1. The Hall–Kier alpha value is -3.97. The molecule has 2 aromatic heterocycles. The molecule has 31 heavy (non-hydrogen) atoms. The summed E-state index contributed by atoms with van der Waals surface area (Å²) in [6.45, 7) is 0.607. The number of carbonyl (C=O) groups is 1. The monoisotopic (exact) mass is 425 g/mol. The van der Waals surface area contributed by atoms with Crippen LogP contribution in [0.2, 0.25) is 0 Å². The smallest absolute Gasteiger partial charge is 0.265 e. The Morgan fingerprint density at radius 3 is 2.65 bits per heavy atom. The normalized spacial score (nSPS) is 11.0. The zero-order valence-electron chi connectivity index (χ0n) is 16.5. The van der Waals surface area contributed by atoms with Crippen molar-refractivity contribution in [3.8, 4) is 11.3 Å². The number of hydrogen-bond acceptors (Lipinski definition) is 5. The molecule has 152 valence electrons. The summed E-state index contributed by atoms with van der Waals surface area (Å²) in [7, 11) is 0. The number of rotatable bonds is 5. The molecule has 0 spiro atoms. The molecule has 0 fully saturated rings. The Kier molecular flexibility index (Phi) is 4.93. The number of nitrogen functional groups attached to an aromatic ring is 1. The Morgan fingerprint density at radius 2 is 1.81 bits per heavy atom. The van der Waals surface area contributed by atoms with Crippen LogP contribution in [-0.2, 0) is 6.54 Å². The van der Waals surface area contributed by atoms with Crippen LogP contribution >= 0.6 is 11.3 Å². The van der Waals surface area contributed by atoms with Crippen LogP contribution < -0.4 is 11.1 Å². The topological polar surface area (TPSA) is 85.8 Å². The Labute approximate surface area is 183 Å². The lowest BCUT2D eigenvalue weighted by atomic mass is 10.1. The summed E-state index contributed by atoms with van der Waals surface area (Å²) in [5.74, 6) is -0.163. The molecule has 0 aliphatic rings. The fourth-order valence-electron chi connectivity index (χ4n) is 3.38.